The molecule has 4 aromatic carbocycles. The molecule has 0 aliphatic heterocycles. The Balaban J connectivity index is 2.16. The third-order valence-electron chi connectivity index (χ3n) is 5.93. The zero-order valence-electron chi connectivity index (χ0n) is 18.2. The molecule has 0 aliphatic rings. The first kappa shape index (κ1) is 21.5. The van der Waals surface area contributed by atoms with Gasteiger partial charge in [-0.1, -0.05) is 66.7 Å². The second kappa shape index (κ2) is 9.16. The molecule has 0 spiro atoms. The zero-order valence-corrected chi connectivity index (χ0v) is 18.2. The van der Waals surface area contributed by atoms with Crippen LogP contribution in [0.25, 0.3) is 0 Å². The van der Waals surface area contributed by atoms with Crippen LogP contribution in [0.15, 0.2) is 97.1 Å². The van der Waals surface area contributed by atoms with E-state index in [9.17, 15) is 10.2 Å². The van der Waals surface area contributed by atoms with Gasteiger partial charge >= 0.3 is 0 Å². The van der Waals surface area contributed by atoms with Crippen LogP contribution in [0.4, 0.5) is 0 Å². The molecule has 0 saturated heterocycles. The van der Waals surface area contributed by atoms with Gasteiger partial charge in [0.2, 0.25) is 0 Å². The molecule has 0 aliphatic carbocycles. The van der Waals surface area contributed by atoms with Gasteiger partial charge in [0.25, 0.3) is 0 Å². The van der Waals surface area contributed by atoms with Crippen molar-refractivity contribution in [2.75, 3.05) is 14.2 Å². The maximum Gasteiger partial charge on any atom is 0.120 e. The number of benzene rings is 4. The maximum atomic E-state index is 11.2. The summed E-state index contributed by atoms with van der Waals surface area (Å²) in [5.74, 6) is 1.60. The Bertz CT molecular complexity index is 1120. The summed E-state index contributed by atoms with van der Waals surface area (Å²) >= 11 is 0. The first-order valence-electron chi connectivity index (χ1n) is 10.4. The van der Waals surface area contributed by atoms with E-state index in [1.807, 2.05) is 84.9 Å². The molecular formula is C28H26O4. The minimum atomic E-state index is -0.886. The van der Waals surface area contributed by atoms with E-state index in [0.29, 0.717) is 11.1 Å². The SMILES string of the molecule is COc1ccc(C(c2ccccc2)(c2ccc(OC)cc2)c2c(O)cccc2CO)cc1. The average Bonchev–Trinajstić information content (AvgIpc) is 2.86. The quantitative estimate of drug-likeness (QED) is 0.395. The van der Waals surface area contributed by atoms with Crippen LogP contribution in [0.5, 0.6) is 17.2 Å². The Kier molecular flexibility index (Phi) is 6.15. The van der Waals surface area contributed by atoms with E-state index in [-0.39, 0.29) is 12.4 Å². The second-order valence-corrected chi connectivity index (χ2v) is 7.54. The predicted molar refractivity (Wildman–Crippen MR) is 125 cm³/mol. The summed E-state index contributed by atoms with van der Waals surface area (Å²) in [7, 11) is 3.27. The van der Waals surface area contributed by atoms with Crippen molar-refractivity contribution in [3.05, 3.63) is 125 Å². The van der Waals surface area contributed by atoms with Crippen LogP contribution < -0.4 is 9.47 Å². The van der Waals surface area contributed by atoms with Crippen molar-refractivity contribution in [2.24, 2.45) is 0 Å². The van der Waals surface area contributed by atoms with Gasteiger partial charge in [-0.05, 0) is 52.6 Å². The highest BCUT2D eigenvalue weighted by Crippen LogP contribution is 2.50. The van der Waals surface area contributed by atoms with Gasteiger partial charge in [0, 0.05) is 5.56 Å². The van der Waals surface area contributed by atoms with Crippen LogP contribution in [0.3, 0.4) is 0 Å². The lowest BCUT2D eigenvalue weighted by molar-refractivity contribution is 0.278. The normalized spacial score (nSPS) is 11.2. The number of phenolic OH excluding ortho intramolecular Hbond substituents is 1. The van der Waals surface area contributed by atoms with Crippen LogP contribution in [0, 0.1) is 0 Å². The Labute approximate surface area is 188 Å². The average molecular weight is 427 g/mol. The first-order chi connectivity index (χ1) is 15.6. The Morgan fingerprint density at radius 3 is 1.59 bits per heavy atom. The summed E-state index contributed by atoms with van der Waals surface area (Å²) in [6.07, 6.45) is 0. The summed E-state index contributed by atoms with van der Waals surface area (Å²) in [5.41, 5.74) is 3.25. The van der Waals surface area contributed by atoms with Crippen molar-refractivity contribution in [3.8, 4) is 17.2 Å². The van der Waals surface area contributed by atoms with Crippen molar-refractivity contribution < 1.29 is 19.7 Å². The fourth-order valence-corrected chi connectivity index (χ4v) is 4.45. The molecule has 0 heterocycles. The highest BCUT2D eigenvalue weighted by atomic mass is 16.5. The van der Waals surface area contributed by atoms with E-state index in [1.165, 1.54) is 0 Å². The van der Waals surface area contributed by atoms with Gasteiger partial charge in [-0.2, -0.15) is 0 Å². The van der Waals surface area contributed by atoms with Gasteiger partial charge in [-0.25, -0.2) is 0 Å². The summed E-state index contributed by atoms with van der Waals surface area (Å²) in [4.78, 5) is 0. The fraction of sp³-hybridized carbons (Fsp3) is 0.143. The second-order valence-electron chi connectivity index (χ2n) is 7.54. The molecule has 162 valence electrons. The molecule has 2 N–H and O–H groups in total. The molecule has 4 aromatic rings. The first-order valence-corrected chi connectivity index (χ1v) is 10.4. The van der Waals surface area contributed by atoms with Gasteiger partial charge < -0.3 is 19.7 Å². The van der Waals surface area contributed by atoms with Crippen molar-refractivity contribution in [1.29, 1.82) is 0 Å². The van der Waals surface area contributed by atoms with Crippen LogP contribution in [-0.4, -0.2) is 24.4 Å². The molecule has 0 unspecified atom stereocenters. The van der Waals surface area contributed by atoms with E-state index >= 15 is 0 Å². The molecule has 0 amide bonds. The highest BCUT2D eigenvalue weighted by Gasteiger charge is 2.41. The number of aliphatic hydroxyl groups is 1. The number of rotatable bonds is 7. The fourth-order valence-electron chi connectivity index (χ4n) is 4.45. The number of aliphatic hydroxyl groups excluding tert-OH is 1. The molecule has 4 heteroatoms. The molecule has 32 heavy (non-hydrogen) atoms. The predicted octanol–water partition coefficient (Wildman–Crippen LogP) is 5.28. The third kappa shape index (κ3) is 3.59. The van der Waals surface area contributed by atoms with Crippen LogP contribution in [0.1, 0.15) is 27.8 Å². The van der Waals surface area contributed by atoms with E-state index in [2.05, 4.69) is 0 Å². The lowest BCUT2D eigenvalue weighted by Crippen LogP contribution is -2.32. The van der Waals surface area contributed by atoms with Gasteiger partial charge in [-0.3, -0.25) is 0 Å². The molecule has 4 rings (SSSR count). The lowest BCUT2D eigenvalue weighted by Gasteiger charge is -2.38. The molecule has 0 bridgehead atoms. The molecule has 0 atom stereocenters. The van der Waals surface area contributed by atoms with Gasteiger partial charge in [0.1, 0.15) is 17.2 Å². The van der Waals surface area contributed by atoms with Gasteiger partial charge in [0.15, 0.2) is 0 Å². The number of phenols is 1. The van der Waals surface area contributed by atoms with Gasteiger partial charge in [-0.15, -0.1) is 0 Å². The van der Waals surface area contributed by atoms with Gasteiger partial charge in [0.05, 0.1) is 26.2 Å². The number of ether oxygens (including phenoxy) is 2. The van der Waals surface area contributed by atoms with Crippen LogP contribution in [0.2, 0.25) is 0 Å². The molecule has 0 saturated carbocycles. The standard InChI is InChI=1S/C28H26O4/c1-31-24-15-11-22(12-16-24)28(21-8-4-3-5-9-21,23-13-17-25(32-2)18-14-23)27-20(19-29)7-6-10-26(27)30/h3-18,29-30H,19H2,1-2H3. The van der Waals surface area contributed by atoms with Crippen molar-refractivity contribution >= 4 is 0 Å². The summed E-state index contributed by atoms with van der Waals surface area (Å²) in [5, 5.41) is 21.4. The number of aromatic hydroxyl groups is 1. The molecule has 0 radical (unpaired) electrons. The Hall–Kier alpha value is -3.76. The summed E-state index contributed by atoms with van der Waals surface area (Å²) in [6, 6.07) is 30.9. The smallest absolute Gasteiger partial charge is 0.120 e. The van der Waals surface area contributed by atoms with Crippen molar-refractivity contribution in [1.82, 2.24) is 0 Å². The van der Waals surface area contributed by atoms with Crippen molar-refractivity contribution in [3.63, 3.8) is 0 Å². The minimum Gasteiger partial charge on any atom is -0.508 e. The van der Waals surface area contributed by atoms with E-state index in [0.717, 1.165) is 28.2 Å². The molecule has 0 aromatic heterocycles. The third-order valence-corrected chi connectivity index (χ3v) is 5.93. The minimum absolute atomic E-state index is 0.118. The Morgan fingerprint density at radius 2 is 1.12 bits per heavy atom. The zero-order chi connectivity index (χ0) is 22.6. The number of hydrogen-bond donors (Lipinski definition) is 2. The molecular weight excluding hydrogens is 400 g/mol. The summed E-state index contributed by atoms with van der Waals surface area (Å²) in [6.45, 7) is -0.204. The largest absolute Gasteiger partial charge is 0.508 e. The van der Waals surface area contributed by atoms with Crippen molar-refractivity contribution in [2.45, 2.75) is 12.0 Å². The lowest BCUT2D eigenvalue weighted by atomic mass is 9.63. The van der Waals surface area contributed by atoms with E-state index in [4.69, 9.17) is 9.47 Å². The topological polar surface area (TPSA) is 58.9 Å². The molecule has 4 nitrogen and oxygen atoms in total. The molecule has 0 fully saturated rings. The van der Waals surface area contributed by atoms with E-state index < -0.39 is 5.41 Å². The highest BCUT2D eigenvalue weighted by molar-refractivity contribution is 5.65. The van der Waals surface area contributed by atoms with Crippen LogP contribution >= 0.6 is 0 Å². The summed E-state index contributed by atoms with van der Waals surface area (Å²) < 4.78 is 10.8. The maximum absolute atomic E-state index is 11.2. The monoisotopic (exact) mass is 426 g/mol. The van der Waals surface area contributed by atoms with Crippen LogP contribution in [-0.2, 0) is 12.0 Å². The Morgan fingerprint density at radius 1 is 0.625 bits per heavy atom. The van der Waals surface area contributed by atoms with E-state index in [1.54, 1.807) is 26.4 Å². The number of methoxy groups -OCH3 is 2. The number of hydrogen-bond acceptors (Lipinski definition) is 4.